The van der Waals surface area contributed by atoms with Gasteiger partial charge in [0, 0.05) is 10.4 Å². The van der Waals surface area contributed by atoms with E-state index in [0.717, 1.165) is 22.5 Å². The lowest BCUT2D eigenvalue weighted by molar-refractivity contribution is -0.137. The van der Waals surface area contributed by atoms with E-state index in [1.54, 1.807) is 12.3 Å². The molecular weight excluding hydrogens is 337 g/mol. The maximum Gasteiger partial charge on any atom is 0.417 e. The molecule has 1 aromatic heterocycles. The molecule has 24 heavy (non-hydrogen) atoms. The molecule has 6 heteroatoms. The van der Waals surface area contributed by atoms with Crippen LogP contribution in [-0.2, 0) is 6.18 Å². The fourth-order valence-corrected chi connectivity index (χ4v) is 2.83. The number of benzene rings is 2. The summed E-state index contributed by atoms with van der Waals surface area (Å²) in [5.74, 6) is 0. The normalized spacial score (nSPS) is 12.8. The van der Waals surface area contributed by atoms with E-state index in [4.69, 9.17) is 11.6 Å². The van der Waals surface area contributed by atoms with Crippen molar-refractivity contribution in [2.45, 2.75) is 19.5 Å². The maximum atomic E-state index is 13.3. The van der Waals surface area contributed by atoms with E-state index in [1.807, 2.05) is 25.1 Å². The fourth-order valence-electron chi connectivity index (χ4n) is 2.65. The summed E-state index contributed by atoms with van der Waals surface area (Å²) in [5.41, 5.74) is 1.74. The smallest absolute Gasteiger partial charge is 0.278 e. The molecule has 0 unspecified atom stereocenters. The second-order valence-electron chi connectivity index (χ2n) is 5.43. The zero-order valence-corrected chi connectivity index (χ0v) is 13.5. The van der Waals surface area contributed by atoms with E-state index in [-0.39, 0.29) is 10.6 Å². The molecule has 0 fully saturated rings. The third-order valence-electron chi connectivity index (χ3n) is 3.82. The van der Waals surface area contributed by atoms with E-state index in [9.17, 15) is 13.2 Å². The third-order valence-corrected chi connectivity index (χ3v) is 4.05. The topological polar surface area (TPSA) is 28.7 Å². The predicted octanol–water partition coefficient (Wildman–Crippen LogP) is 6.19. The van der Waals surface area contributed by atoms with Gasteiger partial charge in [-0.15, -0.1) is 0 Å². The largest absolute Gasteiger partial charge is 0.417 e. The first-order valence-electron chi connectivity index (χ1n) is 7.39. The standard InChI is InChI=1S/C18H14ClF3N2/c1-2-12(7-11-3-6-17-13(8-11)10-23-24-17)15-5-4-14(19)9-16(15)18(20,21)22/h3-10H,2H2,1H3,(H,23,24)/b12-7+. The Kier molecular flexibility index (Phi) is 4.37. The molecule has 0 bridgehead atoms. The number of aromatic nitrogens is 2. The lowest BCUT2D eigenvalue weighted by atomic mass is 9.95. The number of nitrogens with one attached hydrogen (secondary N) is 1. The van der Waals surface area contributed by atoms with Crippen LogP contribution >= 0.6 is 11.6 Å². The van der Waals surface area contributed by atoms with Crippen LogP contribution in [0.3, 0.4) is 0 Å². The van der Waals surface area contributed by atoms with Gasteiger partial charge >= 0.3 is 6.18 Å². The van der Waals surface area contributed by atoms with Gasteiger partial charge in [0.25, 0.3) is 0 Å². The van der Waals surface area contributed by atoms with E-state index >= 15 is 0 Å². The van der Waals surface area contributed by atoms with Crippen molar-refractivity contribution in [3.63, 3.8) is 0 Å². The van der Waals surface area contributed by atoms with Crippen LogP contribution in [0.25, 0.3) is 22.6 Å². The van der Waals surface area contributed by atoms with Crippen molar-refractivity contribution in [2.24, 2.45) is 0 Å². The molecule has 0 aliphatic rings. The molecule has 0 radical (unpaired) electrons. The SMILES string of the molecule is CC/C(=C\c1ccc2[nH]ncc2c1)c1ccc(Cl)cc1C(F)(F)F. The van der Waals surface area contributed by atoms with Crippen LogP contribution in [0.1, 0.15) is 30.0 Å². The molecule has 3 aromatic rings. The van der Waals surface area contributed by atoms with Crippen LogP contribution < -0.4 is 0 Å². The van der Waals surface area contributed by atoms with Gasteiger partial charge in [-0.1, -0.05) is 36.7 Å². The monoisotopic (exact) mass is 350 g/mol. The summed E-state index contributed by atoms with van der Waals surface area (Å²) in [7, 11) is 0. The van der Waals surface area contributed by atoms with E-state index in [2.05, 4.69) is 10.2 Å². The van der Waals surface area contributed by atoms with Crippen LogP contribution in [0.4, 0.5) is 13.2 Å². The zero-order valence-electron chi connectivity index (χ0n) is 12.8. The highest BCUT2D eigenvalue weighted by Gasteiger charge is 2.34. The second kappa shape index (κ2) is 6.32. The number of H-pyrrole nitrogens is 1. The summed E-state index contributed by atoms with van der Waals surface area (Å²) in [6.45, 7) is 1.83. The van der Waals surface area contributed by atoms with Gasteiger partial charge in [-0.25, -0.2) is 0 Å². The van der Waals surface area contributed by atoms with Gasteiger partial charge in [-0.05, 0) is 47.4 Å². The first-order chi connectivity index (χ1) is 11.4. The Morgan fingerprint density at radius 2 is 2.00 bits per heavy atom. The number of rotatable bonds is 3. The highest BCUT2D eigenvalue weighted by atomic mass is 35.5. The van der Waals surface area contributed by atoms with Crippen LogP contribution in [0.5, 0.6) is 0 Å². The molecule has 1 heterocycles. The minimum Gasteiger partial charge on any atom is -0.278 e. The number of fused-ring (bicyclic) bond motifs is 1. The highest BCUT2D eigenvalue weighted by Crippen LogP contribution is 2.38. The Morgan fingerprint density at radius 1 is 1.21 bits per heavy atom. The number of hydrogen-bond acceptors (Lipinski definition) is 1. The van der Waals surface area contributed by atoms with E-state index in [1.165, 1.54) is 12.1 Å². The molecule has 0 saturated heterocycles. The Morgan fingerprint density at radius 3 is 2.71 bits per heavy atom. The maximum absolute atomic E-state index is 13.3. The number of nitrogens with zero attached hydrogens (tertiary/aromatic N) is 1. The Bertz CT molecular complexity index is 910. The van der Waals surface area contributed by atoms with E-state index < -0.39 is 11.7 Å². The van der Waals surface area contributed by atoms with Gasteiger partial charge in [0.15, 0.2) is 0 Å². The quantitative estimate of drug-likeness (QED) is 0.561. The summed E-state index contributed by atoms with van der Waals surface area (Å²) in [6, 6.07) is 9.47. The molecule has 0 aliphatic heterocycles. The van der Waals surface area contributed by atoms with Crippen LogP contribution in [0, 0.1) is 0 Å². The Hall–Kier alpha value is -2.27. The molecule has 1 N–H and O–H groups in total. The van der Waals surface area contributed by atoms with Crippen molar-refractivity contribution >= 4 is 34.2 Å². The zero-order chi connectivity index (χ0) is 17.3. The average Bonchev–Trinajstić information content (AvgIpc) is 2.99. The molecular formula is C18H14ClF3N2. The van der Waals surface area contributed by atoms with Gasteiger partial charge in [0.05, 0.1) is 17.3 Å². The van der Waals surface area contributed by atoms with Gasteiger partial charge < -0.3 is 0 Å². The van der Waals surface area contributed by atoms with Crippen LogP contribution in [0.2, 0.25) is 5.02 Å². The number of alkyl halides is 3. The summed E-state index contributed by atoms with van der Waals surface area (Å²) in [6.07, 6.45) is -0.538. The van der Waals surface area contributed by atoms with Crippen molar-refractivity contribution in [3.05, 3.63) is 64.3 Å². The Labute approximate surface area is 142 Å². The number of allylic oxidation sites excluding steroid dienone is 1. The first kappa shape index (κ1) is 16.6. The van der Waals surface area contributed by atoms with Gasteiger partial charge in [-0.3, -0.25) is 5.10 Å². The van der Waals surface area contributed by atoms with Crippen molar-refractivity contribution < 1.29 is 13.2 Å². The highest BCUT2D eigenvalue weighted by molar-refractivity contribution is 6.30. The van der Waals surface area contributed by atoms with Crippen molar-refractivity contribution in [3.8, 4) is 0 Å². The molecule has 2 aromatic carbocycles. The third kappa shape index (κ3) is 3.31. The lowest BCUT2D eigenvalue weighted by Crippen LogP contribution is -2.08. The second-order valence-corrected chi connectivity index (χ2v) is 5.86. The number of halogens is 4. The van der Waals surface area contributed by atoms with E-state index in [0.29, 0.717) is 12.0 Å². The molecule has 0 aliphatic carbocycles. The van der Waals surface area contributed by atoms with Crippen molar-refractivity contribution in [2.75, 3.05) is 0 Å². The molecule has 0 atom stereocenters. The fraction of sp³-hybridized carbons (Fsp3) is 0.167. The van der Waals surface area contributed by atoms with Gasteiger partial charge in [0.2, 0.25) is 0 Å². The summed E-state index contributed by atoms with van der Waals surface area (Å²) >= 11 is 5.75. The predicted molar refractivity (Wildman–Crippen MR) is 90.7 cm³/mol. The summed E-state index contributed by atoms with van der Waals surface area (Å²) in [5, 5.41) is 7.77. The Balaban J connectivity index is 2.11. The molecule has 124 valence electrons. The summed E-state index contributed by atoms with van der Waals surface area (Å²) < 4.78 is 40.0. The molecule has 2 nitrogen and oxygen atoms in total. The molecule has 0 saturated carbocycles. The first-order valence-corrected chi connectivity index (χ1v) is 7.77. The lowest BCUT2D eigenvalue weighted by Gasteiger charge is -2.15. The van der Waals surface area contributed by atoms with Crippen LogP contribution in [0.15, 0.2) is 42.6 Å². The van der Waals surface area contributed by atoms with Crippen molar-refractivity contribution in [1.82, 2.24) is 10.2 Å². The van der Waals surface area contributed by atoms with Gasteiger partial charge in [-0.2, -0.15) is 18.3 Å². The van der Waals surface area contributed by atoms with Crippen molar-refractivity contribution in [1.29, 1.82) is 0 Å². The van der Waals surface area contributed by atoms with Crippen LogP contribution in [-0.4, -0.2) is 10.2 Å². The molecule has 0 amide bonds. The minimum atomic E-state index is -4.46. The number of hydrogen-bond donors (Lipinski definition) is 1. The average molecular weight is 351 g/mol. The molecule has 0 spiro atoms. The minimum absolute atomic E-state index is 0.0707. The van der Waals surface area contributed by atoms with Gasteiger partial charge in [0.1, 0.15) is 0 Å². The molecule has 3 rings (SSSR count). The summed E-state index contributed by atoms with van der Waals surface area (Å²) in [4.78, 5) is 0. The number of aromatic amines is 1.